The number of rotatable bonds is 4. The van der Waals surface area contributed by atoms with E-state index in [9.17, 15) is 0 Å². The lowest BCUT2D eigenvalue weighted by molar-refractivity contribution is 0.143. The second-order valence-electron chi connectivity index (χ2n) is 9.80. The fraction of sp³-hybridized carbons (Fsp3) is 0.560. The van der Waals surface area contributed by atoms with Crippen LogP contribution in [0.3, 0.4) is 0 Å². The van der Waals surface area contributed by atoms with Crippen LogP contribution in [0.5, 0.6) is 0 Å². The first-order valence-corrected chi connectivity index (χ1v) is 12.8. The summed E-state index contributed by atoms with van der Waals surface area (Å²) < 4.78 is 1.95. The van der Waals surface area contributed by atoms with Crippen LogP contribution in [0.2, 0.25) is 10.0 Å². The van der Waals surface area contributed by atoms with E-state index in [1.54, 1.807) is 6.07 Å². The molecule has 4 heterocycles. The van der Waals surface area contributed by atoms with Gasteiger partial charge in [-0.15, -0.1) is 0 Å². The van der Waals surface area contributed by atoms with Gasteiger partial charge in [-0.25, -0.2) is 14.6 Å². The van der Waals surface area contributed by atoms with Crippen molar-refractivity contribution in [2.45, 2.75) is 65.1 Å². The molecule has 2 aromatic heterocycles. The number of likely N-dealkylation sites (tertiary alicyclic amines) is 1. The monoisotopic (exact) mass is 486 g/mol. The van der Waals surface area contributed by atoms with E-state index in [1.807, 2.05) is 29.9 Å². The van der Waals surface area contributed by atoms with E-state index >= 15 is 0 Å². The zero-order valence-electron chi connectivity index (χ0n) is 19.8. The molecule has 176 valence electrons. The molecule has 6 nitrogen and oxygen atoms in total. The van der Waals surface area contributed by atoms with E-state index in [0.29, 0.717) is 28.0 Å². The van der Waals surface area contributed by atoms with Gasteiger partial charge in [0.25, 0.3) is 0 Å². The SMILES string of the molecule is Cc1nn(C(C)c2ccc(Cl)cc2Cl)c2nc(N3C[C@@H](C)C(N4CCCC4)C[C@@H]3C)cnc12. The Morgan fingerprint density at radius 1 is 1.12 bits per heavy atom. The molecule has 0 N–H and O–H groups in total. The summed E-state index contributed by atoms with van der Waals surface area (Å²) in [4.78, 5) is 15.0. The number of hydrogen-bond acceptors (Lipinski definition) is 5. The third kappa shape index (κ3) is 4.22. The molecule has 3 aromatic rings. The largest absolute Gasteiger partial charge is 0.352 e. The minimum absolute atomic E-state index is 0.0900. The van der Waals surface area contributed by atoms with Crippen molar-refractivity contribution in [2.75, 3.05) is 24.5 Å². The zero-order chi connectivity index (χ0) is 23.3. The Labute approximate surface area is 205 Å². The van der Waals surface area contributed by atoms with Crippen LogP contribution >= 0.6 is 23.2 Å². The van der Waals surface area contributed by atoms with Crippen molar-refractivity contribution in [2.24, 2.45) is 5.92 Å². The normalized spacial score (nSPS) is 25.2. The first-order chi connectivity index (χ1) is 15.8. The lowest BCUT2D eigenvalue weighted by Gasteiger charge is -2.45. The summed E-state index contributed by atoms with van der Waals surface area (Å²) in [7, 11) is 0. The molecule has 0 aliphatic carbocycles. The van der Waals surface area contributed by atoms with E-state index in [1.165, 1.54) is 25.9 Å². The van der Waals surface area contributed by atoms with Gasteiger partial charge in [-0.05, 0) is 76.7 Å². The second-order valence-corrected chi connectivity index (χ2v) is 10.6. The molecule has 0 spiro atoms. The van der Waals surface area contributed by atoms with Gasteiger partial charge in [-0.2, -0.15) is 5.10 Å². The molecule has 5 rings (SSSR count). The van der Waals surface area contributed by atoms with Crippen LogP contribution in [0.4, 0.5) is 5.82 Å². The molecule has 4 atom stereocenters. The Bertz CT molecular complexity index is 1160. The highest BCUT2D eigenvalue weighted by Gasteiger charge is 2.36. The Morgan fingerprint density at radius 3 is 2.61 bits per heavy atom. The third-order valence-corrected chi connectivity index (χ3v) is 8.06. The van der Waals surface area contributed by atoms with Gasteiger partial charge in [0.15, 0.2) is 5.65 Å². The number of aryl methyl sites for hydroxylation is 1. The lowest BCUT2D eigenvalue weighted by atomic mass is 9.88. The maximum Gasteiger partial charge on any atom is 0.179 e. The summed E-state index contributed by atoms with van der Waals surface area (Å²) in [6.45, 7) is 12.3. The molecule has 2 aliphatic heterocycles. The molecule has 0 amide bonds. The highest BCUT2D eigenvalue weighted by molar-refractivity contribution is 6.35. The van der Waals surface area contributed by atoms with Crippen LogP contribution in [0.15, 0.2) is 24.4 Å². The highest BCUT2D eigenvalue weighted by atomic mass is 35.5. The van der Waals surface area contributed by atoms with E-state index in [2.05, 4.69) is 30.6 Å². The van der Waals surface area contributed by atoms with Gasteiger partial charge in [0, 0.05) is 28.7 Å². The van der Waals surface area contributed by atoms with Crippen LogP contribution in [-0.2, 0) is 0 Å². The summed E-state index contributed by atoms with van der Waals surface area (Å²) in [5.74, 6) is 1.52. The topological polar surface area (TPSA) is 50.1 Å². The number of halogens is 2. The molecule has 0 saturated carbocycles. The van der Waals surface area contributed by atoms with Crippen LogP contribution in [0.1, 0.15) is 57.3 Å². The predicted octanol–water partition coefficient (Wildman–Crippen LogP) is 5.75. The van der Waals surface area contributed by atoms with Crippen molar-refractivity contribution >= 4 is 40.2 Å². The Kier molecular flexibility index (Phi) is 6.27. The third-order valence-electron chi connectivity index (χ3n) is 7.50. The fourth-order valence-electron chi connectivity index (χ4n) is 5.64. The Morgan fingerprint density at radius 2 is 1.88 bits per heavy atom. The van der Waals surface area contributed by atoms with Crippen LogP contribution < -0.4 is 4.90 Å². The highest BCUT2D eigenvalue weighted by Crippen LogP contribution is 2.34. The number of piperidine rings is 1. The first kappa shape index (κ1) is 22.9. The van der Waals surface area contributed by atoms with E-state index in [-0.39, 0.29) is 6.04 Å². The maximum absolute atomic E-state index is 6.51. The fourth-order valence-corrected chi connectivity index (χ4v) is 6.21. The van der Waals surface area contributed by atoms with Crippen molar-refractivity contribution in [1.29, 1.82) is 0 Å². The number of hydrogen-bond donors (Lipinski definition) is 0. The van der Waals surface area contributed by atoms with Gasteiger partial charge in [-0.1, -0.05) is 36.2 Å². The van der Waals surface area contributed by atoms with Crippen molar-refractivity contribution in [3.8, 4) is 0 Å². The second kappa shape index (κ2) is 9.05. The number of anilines is 1. The van der Waals surface area contributed by atoms with Crippen molar-refractivity contribution < 1.29 is 0 Å². The Hall–Kier alpha value is -1.89. The van der Waals surface area contributed by atoms with Gasteiger partial charge < -0.3 is 4.90 Å². The van der Waals surface area contributed by atoms with E-state index in [0.717, 1.165) is 41.2 Å². The molecule has 0 bridgehead atoms. The number of benzene rings is 1. The molecule has 2 aliphatic rings. The average molecular weight is 487 g/mol. The molecule has 2 unspecified atom stereocenters. The molecule has 2 saturated heterocycles. The van der Waals surface area contributed by atoms with E-state index in [4.69, 9.17) is 38.3 Å². The number of fused-ring (bicyclic) bond motifs is 1. The standard InChI is InChI=1S/C25H32Cl2N6/c1-15-14-32(16(2)11-22(15)31-9-5-6-10-31)23-13-28-24-17(3)30-33(25(24)29-23)18(4)20-8-7-19(26)12-21(20)27/h7-8,12-13,15-16,18,22H,5-6,9-11,14H2,1-4H3/t15-,16+,18?,22?/m1/s1. The summed E-state index contributed by atoms with van der Waals surface area (Å²) in [6.07, 6.45) is 5.75. The molecule has 1 aromatic carbocycles. The number of nitrogens with zero attached hydrogens (tertiary/aromatic N) is 6. The lowest BCUT2D eigenvalue weighted by Crippen LogP contribution is -2.53. The summed E-state index contributed by atoms with van der Waals surface area (Å²) in [6, 6.07) is 6.59. The molecule has 0 radical (unpaired) electrons. The average Bonchev–Trinajstić information content (AvgIpc) is 3.43. The van der Waals surface area contributed by atoms with Gasteiger partial charge in [-0.3, -0.25) is 4.90 Å². The molecular weight excluding hydrogens is 455 g/mol. The predicted molar refractivity (Wildman–Crippen MR) is 136 cm³/mol. The summed E-state index contributed by atoms with van der Waals surface area (Å²) >= 11 is 12.6. The van der Waals surface area contributed by atoms with Crippen LogP contribution in [0.25, 0.3) is 11.2 Å². The molecule has 33 heavy (non-hydrogen) atoms. The van der Waals surface area contributed by atoms with Crippen molar-refractivity contribution in [1.82, 2.24) is 24.6 Å². The molecule has 2 fully saturated rings. The Balaban J connectivity index is 1.47. The number of aromatic nitrogens is 4. The van der Waals surface area contributed by atoms with E-state index < -0.39 is 0 Å². The minimum atomic E-state index is -0.0900. The summed E-state index contributed by atoms with van der Waals surface area (Å²) in [5, 5.41) is 6.05. The quantitative estimate of drug-likeness (QED) is 0.469. The smallest absolute Gasteiger partial charge is 0.179 e. The summed E-state index contributed by atoms with van der Waals surface area (Å²) in [5.41, 5.74) is 3.47. The van der Waals surface area contributed by atoms with Gasteiger partial charge in [0.05, 0.1) is 17.9 Å². The van der Waals surface area contributed by atoms with Gasteiger partial charge in [0.2, 0.25) is 0 Å². The molecule has 8 heteroatoms. The zero-order valence-corrected chi connectivity index (χ0v) is 21.3. The van der Waals surface area contributed by atoms with Gasteiger partial charge >= 0.3 is 0 Å². The van der Waals surface area contributed by atoms with Crippen LogP contribution in [-0.4, -0.2) is 56.4 Å². The minimum Gasteiger partial charge on any atom is -0.352 e. The van der Waals surface area contributed by atoms with Gasteiger partial charge in [0.1, 0.15) is 11.3 Å². The van der Waals surface area contributed by atoms with Crippen molar-refractivity contribution in [3.05, 3.63) is 45.7 Å². The molecular formula is C25H32Cl2N6. The van der Waals surface area contributed by atoms with Crippen LogP contribution in [0, 0.1) is 12.8 Å². The van der Waals surface area contributed by atoms with Crippen molar-refractivity contribution in [3.63, 3.8) is 0 Å². The first-order valence-electron chi connectivity index (χ1n) is 12.0. The maximum atomic E-state index is 6.51.